The van der Waals surface area contributed by atoms with Crippen LogP contribution in [0.5, 0.6) is 11.5 Å². The average molecular weight is 345 g/mol. The number of nitrogens with one attached hydrogen (secondary N) is 1. The molecule has 0 saturated carbocycles. The number of phenolic OH excluding ortho intramolecular Hbond substituents is 1. The Hall–Kier alpha value is -2.99. The molecule has 6 nitrogen and oxygen atoms in total. The van der Waals surface area contributed by atoms with Gasteiger partial charge in [-0.1, -0.05) is 29.8 Å². The summed E-state index contributed by atoms with van der Waals surface area (Å²) in [5, 5.41) is 11.6. The number of amides is 2. The number of para-hydroxylation sites is 1. The van der Waals surface area contributed by atoms with Crippen LogP contribution in [0.3, 0.4) is 0 Å². The molecule has 1 saturated heterocycles. The lowest BCUT2D eigenvalue weighted by atomic mass is 10.1. The van der Waals surface area contributed by atoms with Crippen molar-refractivity contribution in [3.05, 3.63) is 58.6 Å². The molecule has 1 heterocycles. The van der Waals surface area contributed by atoms with Crippen LogP contribution in [0.2, 0.25) is 5.02 Å². The molecule has 0 spiro atoms. The van der Waals surface area contributed by atoms with Crippen molar-refractivity contribution >= 4 is 35.2 Å². The highest BCUT2D eigenvalue weighted by Gasteiger charge is 2.34. The largest absolute Gasteiger partial charge is 0.504 e. The molecule has 122 valence electrons. The van der Waals surface area contributed by atoms with Crippen LogP contribution in [-0.2, 0) is 9.59 Å². The van der Waals surface area contributed by atoms with Gasteiger partial charge in [0.15, 0.2) is 11.5 Å². The van der Waals surface area contributed by atoms with Crippen molar-refractivity contribution in [2.75, 3.05) is 12.1 Å². The summed E-state index contributed by atoms with van der Waals surface area (Å²) in [5.74, 6) is -0.997. The van der Waals surface area contributed by atoms with E-state index < -0.39 is 11.8 Å². The summed E-state index contributed by atoms with van der Waals surface area (Å²) in [6.07, 6.45) is 1.32. The highest BCUT2D eigenvalue weighted by atomic mass is 35.5. The van der Waals surface area contributed by atoms with Gasteiger partial charge in [-0.3, -0.25) is 15.0 Å². The third-order valence-electron chi connectivity index (χ3n) is 3.51. The molecular weight excluding hydrogens is 332 g/mol. The first-order valence-electron chi connectivity index (χ1n) is 7.00. The molecule has 2 N–H and O–H groups in total. The summed E-state index contributed by atoms with van der Waals surface area (Å²) in [5.41, 5.74) is 3.12. The predicted molar refractivity (Wildman–Crippen MR) is 89.7 cm³/mol. The molecule has 7 heteroatoms. The fraction of sp³-hybridized carbons (Fsp3) is 0.0588. The van der Waals surface area contributed by atoms with Crippen LogP contribution in [0.15, 0.2) is 48.0 Å². The van der Waals surface area contributed by atoms with Crippen molar-refractivity contribution in [1.29, 1.82) is 0 Å². The highest BCUT2D eigenvalue weighted by Crippen LogP contribution is 2.32. The number of hydrogen-bond donors (Lipinski definition) is 2. The van der Waals surface area contributed by atoms with Gasteiger partial charge in [-0.15, -0.1) is 0 Å². The SMILES string of the molecule is COc1cccc(C=C2C(=O)NN(c3cccc(Cl)c3)C2=O)c1O. The first kappa shape index (κ1) is 15.9. The van der Waals surface area contributed by atoms with Crippen LogP contribution in [0.25, 0.3) is 6.08 Å². The Morgan fingerprint density at radius 2 is 1.96 bits per heavy atom. The molecular formula is C17H13ClN2O4. The van der Waals surface area contributed by atoms with E-state index >= 15 is 0 Å². The lowest BCUT2D eigenvalue weighted by Crippen LogP contribution is -2.35. The first-order valence-corrected chi connectivity index (χ1v) is 7.37. The monoisotopic (exact) mass is 344 g/mol. The summed E-state index contributed by atoms with van der Waals surface area (Å²) in [4.78, 5) is 24.7. The van der Waals surface area contributed by atoms with Gasteiger partial charge in [0.1, 0.15) is 5.57 Å². The molecule has 0 aromatic heterocycles. The van der Waals surface area contributed by atoms with Gasteiger partial charge in [0.2, 0.25) is 0 Å². The van der Waals surface area contributed by atoms with E-state index in [1.165, 1.54) is 13.2 Å². The molecule has 1 aliphatic heterocycles. The van der Waals surface area contributed by atoms with E-state index in [0.717, 1.165) is 5.01 Å². The molecule has 0 atom stereocenters. The molecule has 3 rings (SSSR count). The third kappa shape index (κ3) is 2.79. The number of rotatable bonds is 3. The maximum absolute atomic E-state index is 12.5. The Labute approximate surface area is 142 Å². The lowest BCUT2D eigenvalue weighted by Gasteiger charge is -2.14. The topological polar surface area (TPSA) is 78.9 Å². The molecule has 1 fully saturated rings. The second-order valence-corrected chi connectivity index (χ2v) is 5.45. The number of ether oxygens (including phenoxy) is 1. The molecule has 0 aliphatic carbocycles. The van der Waals surface area contributed by atoms with E-state index in [1.807, 2.05) is 0 Å². The van der Waals surface area contributed by atoms with Crippen molar-refractivity contribution in [3.8, 4) is 11.5 Å². The summed E-state index contributed by atoms with van der Waals surface area (Å²) in [6.45, 7) is 0. The minimum absolute atomic E-state index is 0.0986. The van der Waals surface area contributed by atoms with Crippen molar-refractivity contribution in [1.82, 2.24) is 5.43 Å². The number of phenols is 1. The summed E-state index contributed by atoms with van der Waals surface area (Å²) < 4.78 is 5.02. The van der Waals surface area contributed by atoms with Gasteiger partial charge in [-0.2, -0.15) is 0 Å². The van der Waals surface area contributed by atoms with Crippen LogP contribution < -0.4 is 15.2 Å². The number of anilines is 1. The Balaban J connectivity index is 1.98. The maximum Gasteiger partial charge on any atom is 0.282 e. The molecule has 0 radical (unpaired) electrons. The van der Waals surface area contributed by atoms with Gasteiger partial charge < -0.3 is 9.84 Å². The van der Waals surface area contributed by atoms with E-state index in [4.69, 9.17) is 16.3 Å². The van der Waals surface area contributed by atoms with Crippen LogP contribution in [0.4, 0.5) is 5.69 Å². The van der Waals surface area contributed by atoms with Gasteiger partial charge in [0, 0.05) is 10.6 Å². The molecule has 1 aliphatic rings. The Morgan fingerprint density at radius 1 is 1.21 bits per heavy atom. The fourth-order valence-corrected chi connectivity index (χ4v) is 2.51. The number of methoxy groups -OCH3 is 1. The average Bonchev–Trinajstić information content (AvgIpc) is 2.85. The van der Waals surface area contributed by atoms with Crippen molar-refractivity contribution < 1.29 is 19.4 Å². The molecule has 0 bridgehead atoms. The maximum atomic E-state index is 12.5. The minimum atomic E-state index is -0.567. The van der Waals surface area contributed by atoms with Gasteiger partial charge in [-0.05, 0) is 30.3 Å². The number of nitrogens with zero attached hydrogens (tertiary/aromatic N) is 1. The van der Waals surface area contributed by atoms with E-state index in [-0.39, 0.29) is 17.1 Å². The quantitative estimate of drug-likeness (QED) is 0.662. The van der Waals surface area contributed by atoms with Crippen molar-refractivity contribution in [2.24, 2.45) is 0 Å². The number of halogens is 1. The zero-order valence-electron chi connectivity index (χ0n) is 12.6. The second kappa shape index (κ2) is 6.25. The zero-order valence-corrected chi connectivity index (χ0v) is 13.4. The van der Waals surface area contributed by atoms with Crippen LogP contribution in [0.1, 0.15) is 5.56 Å². The number of aromatic hydroxyl groups is 1. The van der Waals surface area contributed by atoms with Gasteiger partial charge in [-0.25, -0.2) is 5.01 Å². The summed E-state index contributed by atoms with van der Waals surface area (Å²) in [6, 6.07) is 11.4. The second-order valence-electron chi connectivity index (χ2n) is 5.02. The highest BCUT2D eigenvalue weighted by molar-refractivity contribution is 6.33. The smallest absolute Gasteiger partial charge is 0.282 e. The van der Waals surface area contributed by atoms with Gasteiger partial charge >= 0.3 is 0 Å². The molecule has 0 unspecified atom stereocenters. The van der Waals surface area contributed by atoms with E-state index in [1.54, 1.807) is 42.5 Å². The normalized spacial score (nSPS) is 15.8. The Bertz CT molecular complexity index is 863. The molecule has 2 amide bonds. The van der Waals surface area contributed by atoms with Gasteiger partial charge in [0.05, 0.1) is 12.8 Å². The number of carbonyl (C=O) groups excluding carboxylic acids is 2. The third-order valence-corrected chi connectivity index (χ3v) is 3.74. The number of benzene rings is 2. The summed E-state index contributed by atoms with van der Waals surface area (Å²) in [7, 11) is 1.42. The van der Waals surface area contributed by atoms with Crippen LogP contribution in [0, 0.1) is 0 Å². The fourth-order valence-electron chi connectivity index (χ4n) is 2.33. The Morgan fingerprint density at radius 3 is 2.67 bits per heavy atom. The predicted octanol–water partition coefficient (Wildman–Crippen LogP) is 2.52. The minimum Gasteiger partial charge on any atom is -0.504 e. The number of carbonyl (C=O) groups is 2. The molecule has 24 heavy (non-hydrogen) atoms. The molecule has 2 aromatic rings. The number of hydrazine groups is 1. The number of hydrogen-bond acceptors (Lipinski definition) is 4. The first-order chi connectivity index (χ1) is 11.5. The van der Waals surface area contributed by atoms with E-state index in [2.05, 4.69) is 5.43 Å². The lowest BCUT2D eigenvalue weighted by molar-refractivity contribution is -0.117. The summed E-state index contributed by atoms with van der Waals surface area (Å²) >= 11 is 5.92. The van der Waals surface area contributed by atoms with Crippen molar-refractivity contribution in [2.45, 2.75) is 0 Å². The van der Waals surface area contributed by atoms with Crippen molar-refractivity contribution in [3.63, 3.8) is 0 Å². The van der Waals surface area contributed by atoms with E-state index in [0.29, 0.717) is 16.3 Å². The molecule has 2 aromatic carbocycles. The van der Waals surface area contributed by atoms with Crippen LogP contribution >= 0.6 is 11.6 Å². The Kier molecular flexibility index (Phi) is 4.14. The van der Waals surface area contributed by atoms with Gasteiger partial charge in [0.25, 0.3) is 11.8 Å². The standard InChI is InChI=1S/C17H13ClN2O4/c1-24-14-7-2-4-10(15(14)21)8-13-16(22)19-20(17(13)23)12-6-3-5-11(18)9-12/h2-9,21H,1H3,(H,19,22). The van der Waals surface area contributed by atoms with Crippen LogP contribution in [-0.4, -0.2) is 24.0 Å². The van der Waals surface area contributed by atoms with E-state index in [9.17, 15) is 14.7 Å². The zero-order chi connectivity index (χ0) is 17.3.